The molecule has 0 spiro atoms. The van der Waals surface area contributed by atoms with Crippen LogP contribution in [0.1, 0.15) is 19.8 Å². The molecule has 0 heterocycles. The van der Waals surface area contributed by atoms with Crippen LogP contribution in [-0.4, -0.2) is 33.5 Å². The highest BCUT2D eigenvalue weighted by molar-refractivity contribution is 5.75. The Labute approximate surface area is 94.5 Å². The van der Waals surface area contributed by atoms with E-state index < -0.39 is 5.97 Å². The Morgan fingerprint density at radius 3 is 1.93 bits per heavy atom. The number of benzene rings is 1. The van der Waals surface area contributed by atoms with Crippen LogP contribution in [0.15, 0.2) is 30.3 Å². The predicted molar refractivity (Wildman–Crippen MR) is 60.6 cm³/mol. The summed E-state index contributed by atoms with van der Waals surface area (Å²) in [5, 5.41) is 16.5. The molecule has 0 aliphatic rings. The van der Waals surface area contributed by atoms with Gasteiger partial charge in [0, 0.05) is 6.42 Å². The Balaban J connectivity index is 0. The molecule has 0 atom stereocenters. The summed E-state index contributed by atoms with van der Waals surface area (Å²) in [7, 11) is 0. The zero-order valence-corrected chi connectivity index (χ0v) is 7.60. The molecule has 14 heavy (non-hydrogen) atoms. The Hall–Kier alpha value is -0.978. The molecule has 4 heteroatoms. The number of hydrogen-bond donors (Lipinski definition) is 2. The summed E-state index contributed by atoms with van der Waals surface area (Å²) in [6.45, 7) is 1.84. The van der Waals surface area contributed by atoms with Gasteiger partial charge in [0.2, 0.25) is 0 Å². The van der Waals surface area contributed by atoms with Crippen LogP contribution in [0, 0.1) is 0 Å². The summed E-state index contributed by atoms with van der Waals surface area (Å²) in [5.74, 6) is -0.389. The van der Waals surface area contributed by atoms with Crippen molar-refractivity contribution in [2.45, 2.75) is 19.8 Å². The minimum Gasteiger partial charge on any atom is -0.508 e. The normalized spacial score (nSPS) is 7.79. The zero-order chi connectivity index (χ0) is 10.1. The molecule has 1 rings (SSSR count). The first-order valence-electron chi connectivity index (χ1n) is 4.12. The van der Waals surface area contributed by atoms with E-state index in [9.17, 15) is 4.79 Å². The van der Waals surface area contributed by atoms with Crippen molar-refractivity contribution in [1.29, 1.82) is 0 Å². The molecule has 2 N–H and O–H groups in total. The first-order valence-corrected chi connectivity index (χ1v) is 4.12. The molecule has 0 bridgehead atoms. The highest BCUT2D eigenvalue weighted by atomic mass is 27.0. The van der Waals surface area contributed by atoms with E-state index in [4.69, 9.17) is 10.2 Å². The zero-order valence-electron chi connectivity index (χ0n) is 7.60. The minimum atomic E-state index is -0.711. The molecule has 0 aliphatic heterocycles. The maximum Gasteiger partial charge on any atom is 0.303 e. The summed E-state index contributed by atoms with van der Waals surface area (Å²) < 4.78 is 0. The lowest BCUT2D eigenvalue weighted by molar-refractivity contribution is -0.137. The standard InChI is InChI=1S/C6H6O.C4H8O2.Al.3H/c7-6-4-2-1-3-5-6;1-2-3-4(5)6;;;;/h1-5,7H;2-3H2,1H3,(H,5,6);;;;. The van der Waals surface area contributed by atoms with Crippen LogP contribution < -0.4 is 0 Å². The number of para-hydroxylation sites is 1. The Morgan fingerprint density at radius 1 is 1.29 bits per heavy atom. The molecule has 0 aliphatic carbocycles. The minimum absolute atomic E-state index is 0. The molecule has 0 unspecified atom stereocenters. The van der Waals surface area contributed by atoms with Gasteiger partial charge in [-0.1, -0.05) is 25.1 Å². The molecule has 0 aromatic heterocycles. The number of aromatic hydroxyl groups is 1. The fourth-order valence-corrected chi connectivity index (χ4v) is 0.642. The molecular weight excluding hydrogens is 195 g/mol. The van der Waals surface area contributed by atoms with Crippen molar-refractivity contribution in [1.82, 2.24) is 0 Å². The maximum absolute atomic E-state index is 9.60. The van der Waals surface area contributed by atoms with Gasteiger partial charge in [0.25, 0.3) is 0 Å². The van der Waals surface area contributed by atoms with Crippen molar-refractivity contribution >= 4 is 23.3 Å². The number of carbonyl (C=O) groups is 1. The summed E-state index contributed by atoms with van der Waals surface area (Å²) in [4.78, 5) is 9.60. The molecule has 0 fully saturated rings. The summed E-state index contributed by atoms with van der Waals surface area (Å²) in [5.41, 5.74) is 0. The third kappa shape index (κ3) is 11.0. The highest BCUT2D eigenvalue weighted by Crippen LogP contribution is 2.02. The van der Waals surface area contributed by atoms with E-state index in [0.717, 1.165) is 6.42 Å². The van der Waals surface area contributed by atoms with E-state index in [1.807, 2.05) is 13.0 Å². The van der Waals surface area contributed by atoms with Crippen LogP contribution in [0.25, 0.3) is 0 Å². The van der Waals surface area contributed by atoms with E-state index in [-0.39, 0.29) is 17.4 Å². The van der Waals surface area contributed by atoms with E-state index in [2.05, 4.69) is 0 Å². The number of hydrogen-bond acceptors (Lipinski definition) is 2. The van der Waals surface area contributed by atoms with Gasteiger partial charge in [0.05, 0.1) is 0 Å². The maximum atomic E-state index is 9.60. The molecule has 0 saturated heterocycles. The third-order valence-corrected chi connectivity index (χ3v) is 1.22. The van der Waals surface area contributed by atoms with Crippen molar-refractivity contribution in [2.75, 3.05) is 0 Å². The molecular formula is C10H17AlO3. The Morgan fingerprint density at radius 2 is 1.79 bits per heavy atom. The number of phenolic OH excluding ortho intramolecular Hbond substituents is 1. The average molecular weight is 212 g/mol. The molecule has 3 nitrogen and oxygen atoms in total. The molecule has 0 amide bonds. The Bertz CT molecular complexity index is 236. The topological polar surface area (TPSA) is 57.5 Å². The monoisotopic (exact) mass is 212 g/mol. The van der Waals surface area contributed by atoms with Crippen molar-refractivity contribution in [3.63, 3.8) is 0 Å². The van der Waals surface area contributed by atoms with Gasteiger partial charge in [-0.25, -0.2) is 0 Å². The van der Waals surface area contributed by atoms with Crippen LogP contribution in [0.4, 0.5) is 0 Å². The van der Waals surface area contributed by atoms with E-state index in [1.54, 1.807) is 24.3 Å². The van der Waals surface area contributed by atoms with Crippen LogP contribution >= 0.6 is 0 Å². The molecule has 78 valence electrons. The molecule has 1 aromatic rings. The van der Waals surface area contributed by atoms with Crippen molar-refractivity contribution < 1.29 is 15.0 Å². The van der Waals surface area contributed by atoms with Crippen molar-refractivity contribution in [3.8, 4) is 5.75 Å². The van der Waals surface area contributed by atoms with Gasteiger partial charge in [-0.15, -0.1) is 0 Å². The lowest BCUT2D eigenvalue weighted by Gasteiger charge is -1.82. The predicted octanol–water partition coefficient (Wildman–Crippen LogP) is 1.08. The SMILES string of the molecule is CCCC(=O)O.Oc1ccccc1.[AlH3]. The number of carboxylic acids is 1. The summed E-state index contributed by atoms with van der Waals surface area (Å²) >= 11 is 0. The van der Waals surface area contributed by atoms with Crippen molar-refractivity contribution in [2.24, 2.45) is 0 Å². The quantitative estimate of drug-likeness (QED) is 0.721. The largest absolute Gasteiger partial charge is 0.508 e. The van der Waals surface area contributed by atoms with Crippen LogP contribution in [0.2, 0.25) is 0 Å². The third-order valence-electron chi connectivity index (χ3n) is 1.22. The second-order valence-corrected chi connectivity index (χ2v) is 2.48. The fraction of sp³-hybridized carbons (Fsp3) is 0.300. The van der Waals surface area contributed by atoms with E-state index in [0.29, 0.717) is 12.2 Å². The van der Waals surface area contributed by atoms with Gasteiger partial charge >= 0.3 is 5.97 Å². The van der Waals surface area contributed by atoms with Gasteiger partial charge in [-0.05, 0) is 18.6 Å². The summed E-state index contributed by atoms with van der Waals surface area (Å²) in [6, 6.07) is 8.71. The average Bonchev–Trinajstić information content (AvgIpc) is 2.06. The van der Waals surface area contributed by atoms with Gasteiger partial charge in [-0.2, -0.15) is 0 Å². The van der Waals surface area contributed by atoms with Crippen molar-refractivity contribution in [3.05, 3.63) is 30.3 Å². The van der Waals surface area contributed by atoms with Crippen LogP contribution in [0.5, 0.6) is 5.75 Å². The molecule has 1 aromatic carbocycles. The summed E-state index contributed by atoms with van der Waals surface area (Å²) in [6.07, 6.45) is 1.02. The fourth-order valence-electron chi connectivity index (χ4n) is 0.642. The first kappa shape index (κ1) is 15.5. The van der Waals surface area contributed by atoms with Gasteiger partial charge in [-0.3, -0.25) is 4.79 Å². The van der Waals surface area contributed by atoms with Crippen LogP contribution in [0.3, 0.4) is 0 Å². The number of rotatable bonds is 2. The second-order valence-electron chi connectivity index (χ2n) is 2.48. The second kappa shape index (κ2) is 10.1. The number of aliphatic carboxylic acids is 1. The number of phenols is 1. The molecule has 0 saturated carbocycles. The van der Waals surface area contributed by atoms with Crippen LogP contribution in [-0.2, 0) is 4.79 Å². The lowest BCUT2D eigenvalue weighted by atomic mass is 10.3. The lowest BCUT2D eigenvalue weighted by Crippen LogP contribution is -1.90. The van der Waals surface area contributed by atoms with E-state index in [1.165, 1.54) is 0 Å². The van der Waals surface area contributed by atoms with Gasteiger partial charge in [0.1, 0.15) is 5.75 Å². The van der Waals surface area contributed by atoms with E-state index >= 15 is 0 Å². The highest BCUT2D eigenvalue weighted by Gasteiger charge is 1.87. The van der Waals surface area contributed by atoms with Gasteiger partial charge in [0.15, 0.2) is 17.4 Å². The number of carboxylic acid groups (broad SMARTS) is 1. The Kier molecular flexibility index (Phi) is 11.2. The smallest absolute Gasteiger partial charge is 0.303 e. The molecule has 0 radical (unpaired) electrons. The first-order chi connectivity index (χ1) is 6.16. The van der Waals surface area contributed by atoms with Gasteiger partial charge < -0.3 is 10.2 Å².